The smallest absolute Gasteiger partial charge is 0.311 e. The van der Waals surface area contributed by atoms with Crippen molar-refractivity contribution in [1.82, 2.24) is 20.0 Å². The fourth-order valence-electron chi connectivity index (χ4n) is 22.4. The maximum absolute atomic E-state index is 14.2. The summed E-state index contributed by atoms with van der Waals surface area (Å²) in [5.74, 6) is -7.90. The highest BCUT2D eigenvalue weighted by Gasteiger charge is 2.60. The standard InChI is InChI=1S/C38H72N2O12.C38H69NO13.C22H43N5O13/c1-15-27-38(10,46)31(42)24(6)40(13)19-20(2)17-36(8,45)33(52-35-29(41)26(39(11)12)16-21(3)48-35)22(4)30(23(5)34(44)50-27)51-28-18-37(9,47-14)32(43)25(7)49-28;1-15-26-38(10,45)31(42)21(4)28(40)19(2)17-37(9,47-14)33(52-35-29(41)25(39(11)12)16-20(3)48-35)22(5)30(23(6)34(44)50-26)51-27-18-36(8,46-13)32(43)24(7)49-27;23-2-1-8(29)20(36)27-7-3-6(25)18(39-22-16(34)15(33)13(31)9(4-24)37-22)17(35)19(7)40-21-14(32)11(26)12(30)10(5-28)38-21/h20-33,35,41-43,45-46H,15-19H2,1-14H3;19-27,29-33,35,41-43,45H,15-18H2,1-14H3;6-19,21-22,28-35H,1-5,23-26H2,(H,27,36)/t20-,21-,22+,23-,24-,25+,26+,27-,28+,29-,30+,31-,32+,33-,35+,36-,37-,38-;19-,20-,21+,22+,23-,24+,25+,26-,27+,29-,30+,31-,32+,33-,35+,36-,37-,38-;6-,7+,8-,9+,10+,11-,12+,13+,14+,15-,16+,17-,18+,19-,21+,22+/m110/s1. The van der Waals surface area contributed by atoms with E-state index in [-0.39, 0.29) is 100 Å². The van der Waals surface area contributed by atoms with E-state index in [1.807, 2.05) is 84.6 Å². The van der Waals surface area contributed by atoms with Crippen molar-refractivity contribution in [1.29, 1.82) is 0 Å². The highest BCUT2D eigenvalue weighted by atomic mass is 16.8. The van der Waals surface area contributed by atoms with Gasteiger partial charge in [0.1, 0.15) is 127 Å². The molecule has 0 spiro atoms. The van der Waals surface area contributed by atoms with Crippen molar-refractivity contribution in [3.8, 4) is 0 Å². The fourth-order valence-corrected chi connectivity index (χ4v) is 22.4. The van der Waals surface area contributed by atoms with Gasteiger partial charge in [-0.05, 0) is 189 Å². The van der Waals surface area contributed by atoms with Crippen LogP contribution in [-0.4, -0.2) is 480 Å². The molecule has 9 rings (SSSR count). The molecule has 52 atom stereocenters. The second kappa shape index (κ2) is 53.6. The summed E-state index contributed by atoms with van der Waals surface area (Å²) in [4.78, 5) is 60.7. The summed E-state index contributed by atoms with van der Waals surface area (Å²) >= 11 is 0. The first-order valence-corrected chi connectivity index (χ1v) is 51.1. The molecule has 144 heavy (non-hydrogen) atoms. The molecule has 1 aliphatic carbocycles. The molecule has 46 nitrogen and oxygen atoms in total. The third kappa shape index (κ3) is 29.8. The summed E-state index contributed by atoms with van der Waals surface area (Å²) in [5.41, 5.74) is 14.5. The number of likely N-dealkylation sites (N-methyl/N-ethyl adjacent to an activating group) is 3. The number of amides is 1. The Morgan fingerprint density at radius 1 is 0.493 bits per heavy atom. The molecular weight excluding hydrogens is 1900 g/mol. The number of nitrogens with zero attached hydrogens (tertiary/aromatic N) is 3. The van der Waals surface area contributed by atoms with Gasteiger partial charge in [0.2, 0.25) is 5.91 Å². The van der Waals surface area contributed by atoms with Gasteiger partial charge < -0.3 is 210 Å². The number of nitrogens with one attached hydrogen (secondary N) is 1. The predicted molar refractivity (Wildman–Crippen MR) is 517 cm³/mol. The maximum atomic E-state index is 14.2. The molecule has 1 saturated carbocycles. The molecule has 0 aromatic carbocycles. The first-order valence-electron chi connectivity index (χ1n) is 51.1. The quantitative estimate of drug-likeness (QED) is 0.0387. The Hall–Kier alpha value is -3.48. The second-order valence-corrected chi connectivity index (χ2v) is 44.1. The van der Waals surface area contributed by atoms with Crippen molar-refractivity contribution in [2.75, 3.05) is 82.8 Å². The predicted octanol–water partition coefficient (Wildman–Crippen LogP) is -4.08. The lowest BCUT2D eigenvalue weighted by atomic mass is 9.74. The number of nitrogens with two attached hydrogens (primary N) is 4. The van der Waals surface area contributed by atoms with Gasteiger partial charge in [-0.2, -0.15) is 0 Å². The average Bonchev–Trinajstić information content (AvgIpc) is 0.821. The molecule has 8 aliphatic heterocycles. The summed E-state index contributed by atoms with van der Waals surface area (Å²) in [5, 5.41) is 189. The van der Waals surface area contributed by atoms with E-state index in [9.17, 15) is 106 Å². The number of hydrogen-bond acceptors (Lipinski definition) is 45. The van der Waals surface area contributed by atoms with Crippen LogP contribution < -0.4 is 28.3 Å². The molecule has 0 aromatic heterocycles. The normalized spacial score (nSPS) is 48.7. The van der Waals surface area contributed by atoms with E-state index in [2.05, 4.69) is 5.32 Å². The first kappa shape index (κ1) is 127. The third-order valence-electron chi connectivity index (χ3n) is 32.0. The minimum absolute atomic E-state index is 0.0101. The number of aliphatic hydroxyl groups is 17. The number of hydrogen-bond donors (Lipinski definition) is 22. The van der Waals surface area contributed by atoms with Gasteiger partial charge in [-0.1, -0.05) is 48.5 Å². The third-order valence-corrected chi connectivity index (χ3v) is 32.0. The molecule has 8 saturated heterocycles. The minimum atomic E-state index is -1.96. The Kier molecular flexibility index (Phi) is 47.4. The van der Waals surface area contributed by atoms with Crippen LogP contribution in [0.25, 0.3) is 0 Å². The molecule has 844 valence electrons. The van der Waals surface area contributed by atoms with E-state index in [4.69, 9.17) is 103 Å². The zero-order valence-corrected chi connectivity index (χ0v) is 89.8. The van der Waals surface area contributed by atoms with E-state index in [1.54, 1.807) is 90.0 Å². The molecule has 0 aromatic rings. The van der Waals surface area contributed by atoms with Crippen LogP contribution in [0.15, 0.2) is 0 Å². The number of esters is 2. The number of carbonyl (C=O) groups is 4. The molecule has 1 amide bonds. The van der Waals surface area contributed by atoms with Gasteiger partial charge in [0.15, 0.2) is 37.7 Å². The summed E-state index contributed by atoms with van der Waals surface area (Å²) in [6.45, 7) is 34.2. The zero-order chi connectivity index (χ0) is 109. The molecule has 26 N–H and O–H groups in total. The summed E-state index contributed by atoms with van der Waals surface area (Å²) in [6.07, 6.45) is -36.7. The molecule has 9 aliphatic rings. The molecule has 0 unspecified atom stereocenters. The van der Waals surface area contributed by atoms with Crippen molar-refractivity contribution in [3.63, 3.8) is 0 Å². The van der Waals surface area contributed by atoms with Crippen LogP contribution in [0.5, 0.6) is 0 Å². The Morgan fingerprint density at radius 3 is 1.36 bits per heavy atom. The van der Waals surface area contributed by atoms with E-state index in [0.29, 0.717) is 19.4 Å². The van der Waals surface area contributed by atoms with Crippen LogP contribution in [-0.2, 0) is 99.7 Å². The lowest BCUT2D eigenvalue weighted by molar-refractivity contribution is -0.332. The molecular formula is C98H184N8O38. The monoisotopic (exact) mass is 2080 g/mol. The van der Waals surface area contributed by atoms with Gasteiger partial charge in [0.05, 0.1) is 108 Å². The lowest BCUT2D eigenvalue weighted by Gasteiger charge is -2.50. The van der Waals surface area contributed by atoms with Crippen molar-refractivity contribution < 1.29 is 187 Å². The average molecular weight is 2080 g/mol. The van der Waals surface area contributed by atoms with E-state index < -0.39 is 308 Å². The lowest BCUT2D eigenvalue weighted by Crippen LogP contribution is -2.69. The topological polar surface area (TPSA) is 695 Å². The summed E-state index contributed by atoms with van der Waals surface area (Å²) in [7, 11) is 13.9. The molecule has 46 heteroatoms. The van der Waals surface area contributed by atoms with Crippen molar-refractivity contribution in [2.24, 2.45) is 64.4 Å². The molecule has 0 radical (unpaired) electrons. The number of ketones is 1. The van der Waals surface area contributed by atoms with E-state index in [0.717, 1.165) is 0 Å². The number of cyclic esters (lactones) is 2. The Morgan fingerprint density at radius 2 is 0.924 bits per heavy atom. The minimum Gasteiger partial charge on any atom is -0.459 e. The van der Waals surface area contributed by atoms with Gasteiger partial charge in [0, 0.05) is 95.1 Å². The van der Waals surface area contributed by atoms with Gasteiger partial charge in [0.25, 0.3) is 0 Å². The summed E-state index contributed by atoms with van der Waals surface area (Å²) < 4.78 is 104. The van der Waals surface area contributed by atoms with Crippen molar-refractivity contribution in [3.05, 3.63) is 0 Å². The van der Waals surface area contributed by atoms with Crippen LogP contribution in [0.1, 0.15) is 203 Å². The van der Waals surface area contributed by atoms with Gasteiger partial charge >= 0.3 is 11.9 Å². The number of aliphatic hydroxyl groups excluding tert-OH is 14. The number of ether oxygens (including phenoxy) is 17. The first-order chi connectivity index (χ1) is 66.7. The van der Waals surface area contributed by atoms with Crippen LogP contribution in [0.3, 0.4) is 0 Å². The zero-order valence-electron chi connectivity index (χ0n) is 89.8. The SMILES string of the molecule is CC[C@H]1OC(=O)[C@H](C)[C@@H](O[C@H]2C[C@@](C)(OC)[C@@H](O)[C@H](C)O2)[C@H](C)[C@@H](O[C@@H]2O[C@H](C)C[C@H](N(C)C)[C@H]2O)[C@](C)(O)C[C@@H](C)CN(C)[C@H](C)[C@@H](O)[C@]1(C)O.CC[C@H]1OC(=O)[C@H](C)[C@@H](O[C@H]2C[C@@](C)(OC)[C@@H](O)[C@H](C)O2)[C@H](C)[C@@H](O[C@@H]2O[C@H](C)C[C@H](N(C)C)[C@H]2O)[C@](C)(OC)C[C@@H](C)C(=O)[C@H](C)[C@@H](O)[C@]1(C)O.NCC[C@H](O)C(=O)N[C@@H]1C[C@H](N)[C@@H](O[C@H]2O[C@H](CN)[C@@H](O)[C@H](O)[C@H]2O)[C@H](O)[C@H]1O[C@H]1O[C@H](CO)[C@@H](O)[C@H](N)[C@H]1O. The number of carbonyl (C=O) groups excluding carboxylic acids is 4. The van der Waals surface area contributed by atoms with Crippen LogP contribution in [0, 0.1) is 41.4 Å². The van der Waals surface area contributed by atoms with Crippen molar-refractivity contribution in [2.45, 2.75) is 475 Å². The van der Waals surface area contributed by atoms with Gasteiger partial charge in [-0.25, -0.2) is 0 Å². The van der Waals surface area contributed by atoms with Crippen LogP contribution >= 0.6 is 0 Å². The van der Waals surface area contributed by atoms with E-state index in [1.165, 1.54) is 35.2 Å². The molecule has 9 fully saturated rings. The highest BCUT2D eigenvalue weighted by molar-refractivity contribution is 5.84. The van der Waals surface area contributed by atoms with Crippen LogP contribution in [0.2, 0.25) is 0 Å². The largest absolute Gasteiger partial charge is 0.459 e. The molecule has 0 bridgehead atoms. The Bertz CT molecular complexity index is 3900. The Labute approximate surface area is 848 Å². The van der Waals surface area contributed by atoms with Crippen molar-refractivity contribution >= 4 is 23.6 Å². The second-order valence-electron chi connectivity index (χ2n) is 44.1. The Balaban J connectivity index is 0.000000296. The number of methoxy groups -OCH3 is 3. The molecule has 8 heterocycles. The maximum Gasteiger partial charge on any atom is 0.311 e. The number of rotatable bonds is 25. The number of Topliss-reactive ketones (excluding diaryl/α,β-unsaturated/α-hetero) is 1. The van der Waals surface area contributed by atoms with Gasteiger partial charge in [-0.15, -0.1) is 0 Å². The highest BCUT2D eigenvalue weighted by Crippen LogP contribution is 2.46. The van der Waals surface area contributed by atoms with Gasteiger partial charge in [-0.3, -0.25) is 19.2 Å². The fraction of sp³-hybridized carbons (Fsp3) is 0.959. The van der Waals surface area contributed by atoms with E-state index >= 15 is 0 Å². The summed E-state index contributed by atoms with van der Waals surface area (Å²) in [6, 6.07) is -4.55. The van der Waals surface area contributed by atoms with Crippen LogP contribution in [0.4, 0.5) is 0 Å².